The fourth-order valence-corrected chi connectivity index (χ4v) is 3.20. The van der Waals surface area contributed by atoms with E-state index in [-0.39, 0.29) is 11.9 Å². The topological polar surface area (TPSA) is 77.0 Å². The molecule has 0 saturated carbocycles. The van der Waals surface area contributed by atoms with Gasteiger partial charge in [0.05, 0.1) is 11.7 Å². The zero-order valence-corrected chi connectivity index (χ0v) is 18.2. The Bertz CT molecular complexity index is 1210. The predicted molar refractivity (Wildman–Crippen MR) is 124 cm³/mol. The third kappa shape index (κ3) is 5.16. The van der Waals surface area contributed by atoms with Gasteiger partial charge in [-0.15, -0.1) is 0 Å². The first-order valence-corrected chi connectivity index (χ1v) is 10.4. The average Bonchev–Trinajstić information content (AvgIpc) is 2.80. The Kier molecular flexibility index (Phi) is 6.22. The zero-order valence-electron chi connectivity index (χ0n) is 18.2. The quantitative estimate of drug-likeness (QED) is 0.446. The number of nitrogens with one attached hydrogen (secondary N) is 1. The highest BCUT2D eigenvalue weighted by atomic mass is 16.5. The summed E-state index contributed by atoms with van der Waals surface area (Å²) >= 11 is 0. The normalized spacial score (nSPS) is 11.6. The van der Waals surface area contributed by atoms with Crippen molar-refractivity contribution in [1.82, 2.24) is 20.3 Å². The van der Waals surface area contributed by atoms with Gasteiger partial charge < -0.3 is 10.1 Å². The highest BCUT2D eigenvalue weighted by Crippen LogP contribution is 2.28. The van der Waals surface area contributed by atoms with E-state index in [0.717, 1.165) is 28.1 Å². The van der Waals surface area contributed by atoms with E-state index in [2.05, 4.69) is 20.3 Å². The molecule has 1 atom stereocenters. The van der Waals surface area contributed by atoms with Crippen LogP contribution in [-0.2, 0) is 0 Å². The zero-order chi connectivity index (χ0) is 22.5. The van der Waals surface area contributed by atoms with Gasteiger partial charge in [0, 0.05) is 41.5 Å². The molecule has 3 heterocycles. The van der Waals surface area contributed by atoms with Crippen molar-refractivity contribution in [2.45, 2.75) is 26.8 Å². The Balaban J connectivity index is 1.65. The van der Waals surface area contributed by atoms with Crippen LogP contribution in [0.2, 0.25) is 0 Å². The van der Waals surface area contributed by atoms with Crippen LogP contribution in [0.25, 0.3) is 11.3 Å². The largest absolute Gasteiger partial charge is 0.439 e. The van der Waals surface area contributed by atoms with E-state index in [1.165, 1.54) is 0 Å². The Morgan fingerprint density at radius 3 is 2.50 bits per heavy atom. The minimum Gasteiger partial charge on any atom is -0.439 e. The van der Waals surface area contributed by atoms with E-state index in [1.807, 2.05) is 69.3 Å². The fourth-order valence-electron chi connectivity index (χ4n) is 3.20. The van der Waals surface area contributed by atoms with Crippen molar-refractivity contribution in [1.29, 1.82) is 0 Å². The summed E-state index contributed by atoms with van der Waals surface area (Å²) in [6, 6.07) is 18.4. The smallest absolute Gasteiger partial charge is 0.251 e. The van der Waals surface area contributed by atoms with Crippen LogP contribution in [0.15, 0.2) is 79.3 Å². The van der Waals surface area contributed by atoms with Gasteiger partial charge in [0.1, 0.15) is 5.75 Å². The molecular formula is C26H24N4O2. The molecule has 160 valence electrons. The van der Waals surface area contributed by atoms with Crippen LogP contribution in [0.4, 0.5) is 0 Å². The maximum Gasteiger partial charge on any atom is 0.251 e. The SMILES string of the molecule is Cc1ccc(-c2cc(Oc3ccccn3)cc(C(=O)N[C@H](C)c3ccc(C)nc3)c2)nc1. The van der Waals surface area contributed by atoms with Gasteiger partial charge in [-0.05, 0) is 68.3 Å². The van der Waals surface area contributed by atoms with Gasteiger partial charge in [-0.25, -0.2) is 4.98 Å². The van der Waals surface area contributed by atoms with Crippen molar-refractivity contribution in [3.05, 3.63) is 102 Å². The first-order chi connectivity index (χ1) is 15.5. The van der Waals surface area contributed by atoms with Crippen molar-refractivity contribution in [2.24, 2.45) is 0 Å². The van der Waals surface area contributed by atoms with E-state index in [4.69, 9.17) is 4.74 Å². The summed E-state index contributed by atoms with van der Waals surface area (Å²) in [4.78, 5) is 26.1. The lowest BCUT2D eigenvalue weighted by Gasteiger charge is -2.16. The molecule has 0 unspecified atom stereocenters. The molecule has 4 rings (SSSR count). The summed E-state index contributed by atoms with van der Waals surface area (Å²) in [5, 5.41) is 3.04. The maximum atomic E-state index is 13.1. The molecule has 0 aliphatic carbocycles. The number of carbonyl (C=O) groups is 1. The molecule has 6 nitrogen and oxygen atoms in total. The molecule has 0 radical (unpaired) electrons. The van der Waals surface area contributed by atoms with E-state index < -0.39 is 0 Å². The Morgan fingerprint density at radius 1 is 0.938 bits per heavy atom. The third-order valence-electron chi connectivity index (χ3n) is 5.02. The minimum absolute atomic E-state index is 0.197. The molecule has 0 bridgehead atoms. The number of aromatic nitrogens is 3. The molecule has 0 aliphatic rings. The average molecular weight is 425 g/mol. The van der Waals surface area contributed by atoms with Gasteiger partial charge in [0.2, 0.25) is 5.88 Å². The molecule has 0 fully saturated rings. The molecule has 4 aromatic rings. The summed E-state index contributed by atoms with van der Waals surface area (Å²) in [5.74, 6) is 0.753. The number of ether oxygens (including phenoxy) is 1. The van der Waals surface area contributed by atoms with E-state index in [9.17, 15) is 4.79 Å². The van der Waals surface area contributed by atoms with Crippen molar-refractivity contribution in [2.75, 3.05) is 0 Å². The summed E-state index contributed by atoms with van der Waals surface area (Å²) in [6.45, 7) is 5.85. The van der Waals surface area contributed by atoms with Crippen molar-refractivity contribution in [3.8, 4) is 22.9 Å². The molecule has 0 saturated heterocycles. The molecule has 1 aromatic carbocycles. The number of amides is 1. The lowest BCUT2D eigenvalue weighted by Crippen LogP contribution is -2.26. The second-order valence-electron chi connectivity index (χ2n) is 7.66. The van der Waals surface area contributed by atoms with Gasteiger partial charge in [-0.3, -0.25) is 14.8 Å². The van der Waals surface area contributed by atoms with E-state index in [0.29, 0.717) is 17.2 Å². The summed E-state index contributed by atoms with van der Waals surface area (Å²) in [6.07, 6.45) is 5.24. The lowest BCUT2D eigenvalue weighted by molar-refractivity contribution is 0.0939. The molecule has 1 amide bonds. The number of benzene rings is 1. The van der Waals surface area contributed by atoms with Crippen LogP contribution in [0.3, 0.4) is 0 Å². The Labute approximate surface area is 187 Å². The van der Waals surface area contributed by atoms with Crippen LogP contribution in [0, 0.1) is 13.8 Å². The summed E-state index contributed by atoms with van der Waals surface area (Å²) in [5.41, 5.74) is 4.95. The Morgan fingerprint density at radius 2 is 1.81 bits per heavy atom. The Hall–Kier alpha value is -4.06. The second-order valence-corrected chi connectivity index (χ2v) is 7.66. The first kappa shape index (κ1) is 21.2. The van der Waals surface area contributed by atoms with Crippen LogP contribution in [0.1, 0.15) is 40.1 Å². The number of hydrogen-bond donors (Lipinski definition) is 1. The van der Waals surface area contributed by atoms with Crippen molar-refractivity contribution in [3.63, 3.8) is 0 Å². The number of pyridine rings is 3. The van der Waals surface area contributed by atoms with Gasteiger partial charge in [0.15, 0.2) is 0 Å². The third-order valence-corrected chi connectivity index (χ3v) is 5.02. The standard InChI is InChI=1S/C26H24N4O2/c1-17-7-10-24(29-15-17)21-12-22(14-23(13-21)32-25-6-4-5-11-27-25)26(31)30-19(3)20-9-8-18(2)28-16-20/h4-16,19H,1-3H3,(H,30,31)/t19-/m1/s1. The maximum absolute atomic E-state index is 13.1. The molecule has 0 aliphatic heterocycles. The van der Waals surface area contributed by atoms with E-state index >= 15 is 0 Å². The molecule has 32 heavy (non-hydrogen) atoms. The number of aryl methyl sites for hydroxylation is 2. The van der Waals surface area contributed by atoms with Crippen molar-refractivity contribution < 1.29 is 9.53 Å². The van der Waals surface area contributed by atoms with Crippen LogP contribution in [-0.4, -0.2) is 20.9 Å². The number of hydrogen-bond acceptors (Lipinski definition) is 5. The lowest BCUT2D eigenvalue weighted by atomic mass is 10.0. The minimum atomic E-state index is -0.210. The van der Waals surface area contributed by atoms with Gasteiger partial charge >= 0.3 is 0 Å². The molecule has 0 spiro atoms. The number of carbonyl (C=O) groups excluding carboxylic acids is 1. The monoisotopic (exact) mass is 424 g/mol. The summed E-state index contributed by atoms with van der Waals surface area (Å²) in [7, 11) is 0. The number of nitrogens with zero attached hydrogens (tertiary/aromatic N) is 3. The van der Waals surface area contributed by atoms with Gasteiger partial charge in [-0.2, -0.15) is 0 Å². The highest BCUT2D eigenvalue weighted by Gasteiger charge is 2.15. The molecular weight excluding hydrogens is 400 g/mol. The summed E-state index contributed by atoms with van der Waals surface area (Å²) < 4.78 is 5.93. The fraction of sp³-hybridized carbons (Fsp3) is 0.154. The van der Waals surface area contributed by atoms with Crippen LogP contribution < -0.4 is 10.1 Å². The first-order valence-electron chi connectivity index (χ1n) is 10.4. The van der Waals surface area contributed by atoms with Gasteiger partial charge in [-0.1, -0.05) is 18.2 Å². The van der Waals surface area contributed by atoms with E-state index in [1.54, 1.807) is 30.7 Å². The highest BCUT2D eigenvalue weighted by molar-refractivity contribution is 5.96. The molecule has 1 N–H and O–H groups in total. The van der Waals surface area contributed by atoms with Crippen LogP contribution in [0.5, 0.6) is 11.6 Å². The molecule has 6 heteroatoms. The van der Waals surface area contributed by atoms with Gasteiger partial charge in [0.25, 0.3) is 5.91 Å². The van der Waals surface area contributed by atoms with Crippen molar-refractivity contribution >= 4 is 5.91 Å². The van der Waals surface area contributed by atoms with Crippen LogP contribution >= 0.6 is 0 Å². The predicted octanol–water partition coefficient (Wildman–Crippen LogP) is 5.44. The number of rotatable bonds is 6. The molecule has 3 aromatic heterocycles. The second kappa shape index (κ2) is 9.39.